The van der Waals surface area contributed by atoms with Crippen LogP contribution in [0.2, 0.25) is 0 Å². The first kappa shape index (κ1) is 11.2. The zero-order valence-corrected chi connectivity index (χ0v) is 11.0. The van der Waals surface area contributed by atoms with E-state index >= 15 is 0 Å². The first-order valence-corrected chi connectivity index (χ1v) is 7.34. The summed E-state index contributed by atoms with van der Waals surface area (Å²) in [5.74, 6) is 3.82. The fourth-order valence-electron chi connectivity index (χ4n) is 4.00. The van der Waals surface area contributed by atoms with Gasteiger partial charge in [0.05, 0.1) is 5.52 Å². The number of hydrogen-bond donors (Lipinski definition) is 1. The van der Waals surface area contributed by atoms with Crippen molar-refractivity contribution in [2.45, 2.75) is 25.7 Å². The van der Waals surface area contributed by atoms with E-state index in [0.29, 0.717) is 0 Å². The molecule has 3 nitrogen and oxygen atoms in total. The Morgan fingerprint density at radius 2 is 2.05 bits per heavy atom. The molecule has 19 heavy (non-hydrogen) atoms. The van der Waals surface area contributed by atoms with Gasteiger partial charge in [-0.25, -0.2) is 9.97 Å². The predicted octanol–water partition coefficient (Wildman–Crippen LogP) is 3.48. The second kappa shape index (κ2) is 4.48. The molecule has 0 radical (unpaired) electrons. The number of hydrogen-bond acceptors (Lipinski definition) is 3. The van der Waals surface area contributed by atoms with Gasteiger partial charge in [0.25, 0.3) is 0 Å². The number of nitrogens with zero attached hydrogens (tertiary/aromatic N) is 2. The van der Waals surface area contributed by atoms with E-state index < -0.39 is 0 Å². The molecule has 0 saturated heterocycles. The van der Waals surface area contributed by atoms with Crippen LogP contribution >= 0.6 is 0 Å². The van der Waals surface area contributed by atoms with Gasteiger partial charge >= 0.3 is 0 Å². The molecule has 2 fully saturated rings. The highest BCUT2D eigenvalue weighted by Gasteiger charge is 2.39. The maximum absolute atomic E-state index is 4.41. The summed E-state index contributed by atoms with van der Waals surface area (Å²) in [4.78, 5) is 8.72. The third kappa shape index (κ3) is 1.97. The molecule has 2 saturated carbocycles. The zero-order chi connectivity index (χ0) is 12.7. The highest BCUT2D eigenvalue weighted by atomic mass is 15.0. The van der Waals surface area contributed by atoms with Crippen LogP contribution in [0.25, 0.3) is 10.9 Å². The van der Waals surface area contributed by atoms with Crippen molar-refractivity contribution in [3.8, 4) is 0 Å². The van der Waals surface area contributed by atoms with Crippen LogP contribution in [-0.2, 0) is 0 Å². The van der Waals surface area contributed by atoms with E-state index in [0.717, 1.165) is 41.0 Å². The van der Waals surface area contributed by atoms with Gasteiger partial charge in [-0.05, 0) is 49.1 Å². The van der Waals surface area contributed by atoms with Crippen LogP contribution < -0.4 is 5.32 Å². The number of nitrogens with one attached hydrogen (secondary N) is 1. The van der Waals surface area contributed by atoms with Crippen LogP contribution in [0.5, 0.6) is 0 Å². The molecule has 3 atom stereocenters. The quantitative estimate of drug-likeness (QED) is 0.910. The van der Waals surface area contributed by atoms with Gasteiger partial charge in [0, 0.05) is 11.9 Å². The second-order valence-corrected chi connectivity index (χ2v) is 6.06. The lowest BCUT2D eigenvalue weighted by Gasteiger charge is -2.22. The van der Waals surface area contributed by atoms with Crippen molar-refractivity contribution >= 4 is 16.7 Å². The third-order valence-corrected chi connectivity index (χ3v) is 4.96. The van der Waals surface area contributed by atoms with Gasteiger partial charge in [0.15, 0.2) is 0 Å². The summed E-state index contributed by atoms with van der Waals surface area (Å²) in [5.41, 5.74) is 1.02. The number of para-hydroxylation sites is 1. The van der Waals surface area contributed by atoms with E-state index in [9.17, 15) is 0 Å². The van der Waals surface area contributed by atoms with Crippen molar-refractivity contribution in [1.82, 2.24) is 9.97 Å². The molecule has 2 aliphatic rings. The van der Waals surface area contributed by atoms with Crippen LogP contribution in [-0.4, -0.2) is 16.5 Å². The van der Waals surface area contributed by atoms with Crippen LogP contribution in [0.15, 0.2) is 30.6 Å². The molecular weight excluding hydrogens is 234 g/mol. The molecule has 1 aromatic carbocycles. The fraction of sp³-hybridized carbons (Fsp3) is 0.500. The first-order chi connectivity index (χ1) is 9.40. The minimum atomic E-state index is 0.854. The Balaban J connectivity index is 1.52. The Labute approximate surface area is 113 Å². The molecule has 98 valence electrons. The van der Waals surface area contributed by atoms with Crippen molar-refractivity contribution in [2.75, 3.05) is 11.9 Å². The van der Waals surface area contributed by atoms with Gasteiger partial charge in [0.1, 0.15) is 12.1 Å². The average Bonchev–Trinajstić information content (AvgIpc) is 3.07. The monoisotopic (exact) mass is 253 g/mol. The highest BCUT2D eigenvalue weighted by molar-refractivity contribution is 5.88. The van der Waals surface area contributed by atoms with E-state index in [1.54, 1.807) is 6.33 Å². The van der Waals surface area contributed by atoms with Gasteiger partial charge in [-0.2, -0.15) is 0 Å². The minimum Gasteiger partial charge on any atom is -0.369 e. The van der Waals surface area contributed by atoms with Gasteiger partial charge in [-0.15, -0.1) is 0 Å². The summed E-state index contributed by atoms with van der Waals surface area (Å²) >= 11 is 0. The second-order valence-electron chi connectivity index (χ2n) is 6.06. The number of benzene rings is 1. The molecule has 1 N–H and O–H groups in total. The Hall–Kier alpha value is -1.64. The Morgan fingerprint density at radius 3 is 2.89 bits per heavy atom. The topological polar surface area (TPSA) is 37.8 Å². The standard InChI is InChI=1S/C16H19N3/c1-2-4-15-14(3-1)16(19-10-18-15)17-9-13-8-11-5-6-12(13)7-11/h1-4,10-13H,5-9H2,(H,17,18,19). The fourth-order valence-corrected chi connectivity index (χ4v) is 4.00. The molecule has 1 aromatic heterocycles. The largest absolute Gasteiger partial charge is 0.369 e. The van der Waals surface area contributed by atoms with Crippen molar-refractivity contribution in [3.05, 3.63) is 30.6 Å². The number of aromatic nitrogens is 2. The lowest BCUT2D eigenvalue weighted by Crippen LogP contribution is -2.20. The molecule has 3 heteroatoms. The third-order valence-electron chi connectivity index (χ3n) is 4.96. The number of rotatable bonds is 3. The molecule has 0 spiro atoms. The average molecular weight is 253 g/mol. The van der Waals surface area contributed by atoms with E-state index in [1.807, 2.05) is 12.1 Å². The molecular formula is C16H19N3. The lowest BCUT2D eigenvalue weighted by atomic mass is 9.89. The number of fused-ring (bicyclic) bond motifs is 3. The molecule has 0 amide bonds. The normalized spacial score (nSPS) is 28.9. The minimum absolute atomic E-state index is 0.854. The van der Waals surface area contributed by atoms with E-state index in [4.69, 9.17) is 0 Å². The van der Waals surface area contributed by atoms with Crippen LogP contribution in [0, 0.1) is 17.8 Å². The maximum Gasteiger partial charge on any atom is 0.137 e. The zero-order valence-electron chi connectivity index (χ0n) is 11.0. The summed E-state index contributed by atoms with van der Waals surface area (Å²) in [6.07, 6.45) is 7.46. The lowest BCUT2D eigenvalue weighted by molar-refractivity contribution is 0.348. The highest BCUT2D eigenvalue weighted by Crippen LogP contribution is 2.48. The van der Waals surface area contributed by atoms with Gasteiger partial charge in [0.2, 0.25) is 0 Å². The maximum atomic E-state index is 4.41. The summed E-state index contributed by atoms with van der Waals surface area (Å²) < 4.78 is 0. The van der Waals surface area contributed by atoms with Crippen molar-refractivity contribution < 1.29 is 0 Å². The molecule has 4 rings (SSSR count). The summed E-state index contributed by atoms with van der Waals surface area (Å²) in [6, 6.07) is 8.21. The molecule has 2 bridgehead atoms. The summed E-state index contributed by atoms with van der Waals surface area (Å²) in [5, 5.41) is 4.70. The van der Waals surface area contributed by atoms with Gasteiger partial charge in [-0.3, -0.25) is 0 Å². The Morgan fingerprint density at radius 1 is 1.11 bits per heavy atom. The van der Waals surface area contributed by atoms with Gasteiger partial charge in [-0.1, -0.05) is 18.6 Å². The SMILES string of the molecule is c1ccc2c(NCC3CC4CCC3C4)ncnc2c1. The smallest absolute Gasteiger partial charge is 0.137 e. The molecule has 3 unspecified atom stereocenters. The predicted molar refractivity (Wildman–Crippen MR) is 77.0 cm³/mol. The van der Waals surface area contributed by atoms with E-state index in [1.165, 1.54) is 25.7 Å². The van der Waals surface area contributed by atoms with Crippen molar-refractivity contribution in [1.29, 1.82) is 0 Å². The van der Waals surface area contributed by atoms with Gasteiger partial charge < -0.3 is 5.32 Å². The van der Waals surface area contributed by atoms with Crippen molar-refractivity contribution in [2.24, 2.45) is 17.8 Å². The van der Waals surface area contributed by atoms with Crippen molar-refractivity contribution in [3.63, 3.8) is 0 Å². The van der Waals surface area contributed by atoms with Crippen LogP contribution in [0.1, 0.15) is 25.7 Å². The van der Waals surface area contributed by atoms with Crippen LogP contribution in [0.4, 0.5) is 5.82 Å². The molecule has 0 aliphatic heterocycles. The number of anilines is 1. The Kier molecular flexibility index (Phi) is 2.64. The van der Waals surface area contributed by atoms with E-state index in [-0.39, 0.29) is 0 Å². The molecule has 2 aliphatic carbocycles. The first-order valence-electron chi connectivity index (χ1n) is 7.34. The Bertz CT molecular complexity index is 590. The summed E-state index contributed by atoms with van der Waals surface area (Å²) in [7, 11) is 0. The molecule has 1 heterocycles. The molecule has 2 aromatic rings. The summed E-state index contributed by atoms with van der Waals surface area (Å²) in [6.45, 7) is 1.07. The van der Waals surface area contributed by atoms with E-state index in [2.05, 4.69) is 27.4 Å². The van der Waals surface area contributed by atoms with Crippen LogP contribution in [0.3, 0.4) is 0 Å².